The Morgan fingerprint density at radius 2 is 2.00 bits per heavy atom. The summed E-state index contributed by atoms with van der Waals surface area (Å²) in [4.78, 5) is 0. The molecule has 4 heteroatoms. The molecule has 0 fully saturated rings. The van der Waals surface area contributed by atoms with Gasteiger partial charge in [0.25, 0.3) is 0 Å². The Labute approximate surface area is 118 Å². The number of hydrogen-bond acceptors (Lipinski definition) is 3. The van der Waals surface area contributed by atoms with Gasteiger partial charge in [-0.1, -0.05) is 29.8 Å². The highest BCUT2D eigenvalue weighted by Gasteiger charge is 2.07. The summed E-state index contributed by atoms with van der Waals surface area (Å²) in [6, 6.07) is 6.52. The van der Waals surface area contributed by atoms with Crippen molar-refractivity contribution in [1.82, 2.24) is 5.32 Å². The van der Waals surface area contributed by atoms with Gasteiger partial charge in [0.15, 0.2) is 0 Å². The van der Waals surface area contributed by atoms with Crippen molar-refractivity contribution in [2.75, 3.05) is 13.7 Å². The molecule has 1 N–H and O–H groups in total. The summed E-state index contributed by atoms with van der Waals surface area (Å²) in [6.07, 6.45) is 0.0575. The van der Waals surface area contributed by atoms with E-state index in [0.29, 0.717) is 12.6 Å². The monoisotopic (exact) mass is 315 g/mol. The van der Waals surface area contributed by atoms with Crippen LogP contribution in [0.5, 0.6) is 5.75 Å². The highest BCUT2D eigenvalue weighted by molar-refractivity contribution is 9.10. The Morgan fingerprint density at radius 1 is 1.28 bits per heavy atom. The van der Waals surface area contributed by atoms with E-state index in [-0.39, 0.29) is 6.10 Å². The van der Waals surface area contributed by atoms with E-state index >= 15 is 0 Å². The molecule has 102 valence electrons. The van der Waals surface area contributed by atoms with Gasteiger partial charge in [0, 0.05) is 24.2 Å². The van der Waals surface area contributed by atoms with Crippen molar-refractivity contribution < 1.29 is 9.47 Å². The Morgan fingerprint density at radius 3 is 2.61 bits per heavy atom. The molecule has 0 amide bonds. The Balaban J connectivity index is 2.67. The van der Waals surface area contributed by atoms with E-state index in [1.54, 1.807) is 7.11 Å². The molecule has 1 atom stereocenters. The third kappa shape index (κ3) is 5.38. The molecule has 1 aromatic rings. The average molecular weight is 316 g/mol. The lowest BCUT2D eigenvalue weighted by Gasteiger charge is -2.16. The van der Waals surface area contributed by atoms with Gasteiger partial charge >= 0.3 is 0 Å². The number of halogens is 1. The van der Waals surface area contributed by atoms with Crippen LogP contribution in [-0.4, -0.2) is 25.9 Å². The van der Waals surface area contributed by atoms with E-state index in [9.17, 15) is 0 Å². The number of methoxy groups -OCH3 is 1. The predicted molar refractivity (Wildman–Crippen MR) is 78.1 cm³/mol. The molecule has 0 aliphatic heterocycles. The van der Waals surface area contributed by atoms with E-state index in [1.807, 2.05) is 19.1 Å². The van der Waals surface area contributed by atoms with Gasteiger partial charge < -0.3 is 14.8 Å². The summed E-state index contributed by atoms with van der Waals surface area (Å²) in [7, 11) is 1.68. The van der Waals surface area contributed by atoms with Crippen LogP contribution in [0.1, 0.15) is 26.3 Å². The van der Waals surface area contributed by atoms with Crippen LogP contribution < -0.4 is 10.1 Å². The van der Waals surface area contributed by atoms with Gasteiger partial charge in [0.05, 0.1) is 6.61 Å². The fourth-order valence-electron chi connectivity index (χ4n) is 1.58. The second-order valence-electron chi connectivity index (χ2n) is 4.67. The maximum absolute atomic E-state index is 5.78. The first-order valence-corrected chi connectivity index (χ1v) is 6.99. The smallest absolute Gasteiger partial charge is 0.120 e. The van der Waals surface area contributed by atoms with Crippen LogP contribution in [0.15, 0.2) is 22.7 Å². The van der Waals surface area contributed by atoms with Gasteiger partial charge in [-0.15, -0.1) is 0 Å². The summed E-state index contributed by atoms with van der Waals surface area (Å²) in [5.74, 6) is 0.878. The standard InChI is InChI=1S/C14H22BrNO2/c1-10(2)16-8-12-7-13(5-6-14(12)15)18-11(3)9-17-4/h5-7,10-11,16H,8-9H2,1-4H3. The average Bonchev–Trinajstić information content (AvgIpc) is 2.30. The zero-order valence-electron chi connectivity index (χ0n) is 11.5. The van der Waals surface area contributed by atoms with E-state index in [2.05, 4.69) is 41.2 Å². The minimum atomic E-state index is 0.0575. The van der Waals surface area contributed by atoms with E-state index < -0.39 is 0 Å². The van der Waals surface area contributed by atoms with Gasteiger partial charge in [0.2, 0.25) is 0 Å². The van der Waals surface area contributed by atoms with Crippen LogP contribution in [0.3, 0.4) is 0 Å². The summed E-state index contributed by atoms with van der Waals surface area (Å²) in [6.45, 7) is 7.69. The van der Waals surface area contributed by atoms with Gasteiger partial charge in [0.1, 0.15) is 11.9 Å². The molecule has 0 aromatic heterocycles. The lowest BCUT2D eigenvalue weighted by molar-refractivity contribution is 0.0920. The molecule has 0 saturated carbocycles. The van der Waals surface area contributed by atoms with Crippen LogP contribution in [-0.2, 0) is 11.3 Å². The predicted octanol–water partition coefficient (Wildman–Crippen LogP) is 3.36. The van der Waals surface area contributed by atoms with Crippen LogP contribution in [0.4, 0.5) is 0 Å². The van der Waals surface area contributed by atoms with E-state index in [0.717, 1.165) is 16.8 Å². The minimum absolute atomic E-state index is 0.0575. The van der Waals surface area contributed by atoms with Crippen LogP contribution in [0.25, 0.3) is 0 Å². The summed E-state index contributed by atoms with van der Waals surface area (Å²) >= 11 is 3.56. The first-order valence-electron chi connectivity index (χ1n) is 6.20. The topological polar surface area (TPSA) is 30.5 Å². The van der Waals surface area contributed by atoms with Gasteiger partial charge in [-0.05, 0) is 30.7 Å². The first kappa shape index (κ1) is 15.5. The van der Waals surface area contributed by atoms with Crippen molar-refractivity contribution in [1.29, 1.82) is 0 Å². The molecule has 0 heterocycles. The van der Waals surface area contributed by atoms with Crippen molar-refractivity contribution in [3.05, 3.63) is 28.2 Å². The maximum Gasteiger partial charge on any atom is 0.120 e. The van der Waals surface area contributed by atoms with Gasteiger partial charge in [-0.25, -0.2) is 0 Å². The maximum atomic E-state index is 5.78. The second kappa shape index (κ2) is 7.77. The number of ether oxygens (including phenoxy) is 2. The molecule has 0 spiro atoms. The molecule has 0 saturated heterocycles. The largest absolute Gasteiger partial charge is 0.488 e. The summed E-state index contributed by atoms with van der Waals surface area (Å²) in [5, 5.41) is 3.40. The van der Waals surface area contributed by atoms with Crippen molar-refractivity contribution in [3.63, 3.8) is 0 Å². The molecular weight excluding hydrogens is 294 g/mol. The molecule has 1 rings (SSSR count). The lowest BCUT2D eigenvalue weighted by Crippen LogP contribution is -2.22. The Kier molecular flexibility index (Phi) is 6.68. The molecule has 3 nitrogen and oxygen atoms in total. The fraction of sp³-hybridized carbons (Fsp3) is 0.571. The minimum Gasteiger partial charge on any atom is -0.488 e. The van der Waals surface area contributed by atoms with Gasteiger partial charge in [-0.2, -0.15) is 0 Å². The molecule has 0 aliphatic carbocycles. The van der Waals surface area contributed by atoms with Crippen LogP contribution in [0.2, 0.25) is 0 Å². The Bertz CT molecular complexity index is 369. The first-order chi connectivity index (χ1) is 8.52. The van der Waals surface area contributed by atoms with Crippen LogP contribution >= 0.6 is 15.9 Å². The molecule has 18 heavy (non-hydrogen) atoms. The molecule has 0 bridgehead atoms. The van der Waals surface area contributed by atoms with Crippen molar-refractivity contribution >= 4 is 15.9 Å². The van der Waals surface area contributed by atoms with Gasteiger partial charge in [-0.3, -0.25) is 0 Å². The third-order valence-electron chi connectivity index (χ3n) is 2.46. The molecule has 0 radical (unpaired) electrons. The lowest BCUT2D eigenvalue weighted by atomic mass is 10.2. The molecule has 1 aromatic carbocycles. The number of hydrogen-bond donors (Lipinski definition) is 1. The Hall–Kier alpha value is -0.580. The van der Waals surface area contributed by atoms with Crippen molar-refractivity contribution in [3.8, 4) is 5.75 Å². The summed E-state index contributed by atoms with van der Waals surface area (Å²) < 4.78 is 11.9. The zero-order chi connectivity index (χ0) is 13.5. The van der Waals surface area contributed by atoms with Crippen molar-refractivity contribution in [2.45, 2.75) is 39.5 Å². The van der Waals surface area contributed by atoms with E-state index in [1.165, 1.54) is 5.56 Å². The van der Waals surface area contributed by atoms with Crippen molar-refractivity contribution in [2.24, 2.45) is 0 Å². The second-order valence-corrected chi connectivity index (χ2v) is 5.53. The quantitative estimate of drug-likeness (QED) is 0.837. The fourth-order valence-corrected chi connectivity index (χ4v) is 1.96. The van der Waals surface area contributed by atoms with Crippen LogP contribution in [0, 0.1) is 0 Å². The number of rotatable bonds is 7. The summed E-state index contributed by atoms with van der Waals surface area (Å²) in [5.41, 5.74) is 1.20. The molecule has 1 unspecified atom stereocenters. The highest BCUT2D eigenvalue weighted by atomic mass is 79.9. The molecule has 0 aliphatic rings. The molecular formula is C14H22BrNO2. The number of nitrogens with one attached hydrogen (secondary N) is 1. The highest BCUT2D eigenvalue weighted by Crippen LogP contribution is 2.23. The van der Waals surface area contributed by atoms with E-state index in [4.69, 9.17) is 9.47 Å². The number of benzene rings is 1. The SMILES string of the molecule is COCC(C)Oc1ccc(Br)c(CNC(C)C)c1. The normalized spacial score (nSPS) is 12.8. The third-order valence-corrected chi connectivity index (χ3v) is 3.23. The zero-order valence-corrected chi connectivity index (χ0v) is 13.1.